The summed E-state index contributed by atoms with van der Waals surface area (Å²) in [7, 11) is 2.03. The van der Waals surface area contributed by atoms with Gasteiger partial charge in [0, 0.05) is 26.2 Å². The molecule has 0 aliphatic carbocycles. The Morgan fingerprint density at radius 1 is 1.40 bits per heavy atom. The van der Waals surface area contributed by atoms with E-state index in [-0.39, 0.29) is 18.0 Å². The van der Waals surface area contributed by atoms with Gasteiger partial charge in [0.1, 0.15) is 11.9 Å². The first kappa shape index (κ1) is 14.3. The van der Waals surface area contributed by atoms with E-state index in [2.05, 4.69) is 10.2 Å². The predicted octanol–water partition coefficient (Wildman–Crippen LogP) is 0.883. The van der Waals surface area contributed by atoms with Crippen molar-refractivity contribution < 1.29 is 9.18 Å². The number of hydrogen-bond donors (Lipinski definition) is 1. The zero-order valence-electron chi connectivity index (χ0n) is 11.4. The second kappa shape index (κ2) is 6.35. The lowest BCUT2D eigenvalue weighted by molar-refractivity contribution is -0.130. The number of benzene rings is 1. The van der Waals surface area contributed by atoms with E-state index >= 15 is 0 Å². The molecule has 1 aromatic carbocycles. The summed E-state index contributed by atoms with van der Waals surface area (Å²) in [6.07, 6.45) is 0. The van der Waals surface area contributed by atoms with Crippen molar-refractivity contribution >= 4 is 11.6 Å². The molecule has 1 heterocycles. The maximum absolute atomic E-state index is 13.0. The Balaban J connectivity index is 1.92. The van der Waals surface area contributed by atoms with Crippen molar-refractivity contribution in [3.8, 4) is 6.07 Å². The van der Waals surface area contributed by atoms with Crippen LogP contribution < -0.4 is 5.32 Å². The van der Waals surface area contributed by atoms with Gasteiger partial charge in [-0.3, -0.25) is 4.79 Å². The maximum atomic E-state index is 13.0. The lowest BCUT2D eigenvalue weighted by Gasteiger charge is -2.32. The molecule has 0 saturated carbocycles. The number of likely N-dealkylation sites (N-methyl/N-ethyl adjacent to an activating group) is 1. The van der Waals surface area contributed by atoms with Crippen molar-refractivity contribution in [2.75, 3.05) is 45.1 Å². The van der Waals surface area contributed by atoms with Crippen LogP contribution in [0, 0.1) is 17.1 Å². The third-order valence-corrected chi connectivity index (χ3v) is 3.39. The minimum Gasteiger partial charge on any atom is -0.375 e. The van der Waals surface area contributed by atoms with E-state index in [0.717, 1.165) is 19.2 Å². The number of halogens is 1. The second-order valence-corrected chi connectivity index (χ2v) is 4.84. The molecule has 1 amide bonds. The zero-order valence-corrected chi connectivity index (χ0v) is 11.4. The van der Waals surface area contributed by atoms with Gasteiger partial charge in [-0.15, -0.1) is 0 Å². The number of hydrogen-bond acceptors (Lipinski definition) is 4. The summed E-state index contributed by atoms with van der Waals surface area (Å²) in [5, 5.41) is 11.8. The number of carbonyl (C=O) groups is 1. The second-order valence-electron chi connectivity index (χ2n) is 4.84. The van der Waals surface area contributed by atoms with Gasteiger partial charge in [0.2, 0.25) is 5.91 Å². The fourth-order valence-corrected chi connectivity index (χ4v) is 2.10. The van der Waals surface area contributed by atoms with Gasteiger partial charge in [-0.1, -0.05) is 0 Å². The highest BCUT2D eigenvalue weighted by Crippen LogP contribution is 2.15. The lowest BCUT2D eigenvalue weighted by atomic mass is 10.2. The molecule has 1 aliphatic rings. The molecule has 0 unspecified atom stereocenters. The Bertz CT molecular complexity index is 532. The fourth-order valence-electron chi connectivity index (χ4n) is 2.10. The minimum atomic E-state index is -0.461. The molecule has 1 aromatic rings. The van der Waals surface area contributed by atoms with Gasteiger partial charge < -0.3 is 15.1 Å². The van der Waals surface area contributed by atoms with Crippen LogP contribution in [0.25, 0.3) is 0 Å². The largest absolute Gasteiger partial charge is 0.375 e. The molecule has 1 fully saturated rings. The summed E-state index contributed by atoms with van der Waals surface area (Å²) in [5.74, 6) is -0.469. The number of anilines is 1. The number of nitriles is 1. The first-order valence-corrected chi connectivity index (χ1v) is 6.50. The Labute approximate surface area is 117 Å². The number of carbonyl (C=O) groups excluding carboxylic acids is 1. The van der Waals surface area contributed by atoms with Crippen LogP contribution in [0.1, 0.15) is 5.56 Å². The van der Waals surface area contributed by atoms with Gasteiger partial charge in [-0.2, -0.15) is 5.26 Å². The zero-order chi connectivity index (χ0) is 14.5. The fraction of sp³-hybridized carbons (Fsp3) is 0.429. The molecule has 5 nitrogen and oxygen atoms in total. The first-order chi connectivity index (χ1) is 9.60. The summed E-state index contributed by atoms with van der Waals surface area (Å²) in [6.45, 7) is 3.28. The molecule has 0 aromatic heterocycles. The van der Waals surface area contributed by atoms with E-state index in [4.69, 9.17) is 5.26 Å². The maximum Gasteiger partial charge on any atom is 0.241 e. The third-order valence-electron chi connectivity index (χ3n) is 3.39. The Hall–Kier alpha value is -2.13. The van der Waals surface area contributed by atoms with E-state index in [1.54, 1.807) is 4.90 Å². The number of amides is 1. The van der Waals surface area contributed by atoms with Crippen molar-refractivity contribution in [1.82, 2.24) is 9.80 Å². The summed E-state index contributed by atoms with van der Waals surface area (Å²) >= 11 is 0. The molecule has 20 heavy (non-hydrogen) atoms. The molecule has 0 atom stereocenters. The van der Waals surface area contributed by atoms with Crippen LogP contribution >= 0.6 is 0 Å². The molecule has 0 radical (unpaired) electrons. The number of piperazine rings is 1. The average Bonchev–Trinajstić information content (AvgIpc) is 2.46. The Morgan fingerprint density at radius 2 is 2.10 bits per heavy atom. The van der Waals surface area contributed by atoms with Crippen LogP contribution in [0.5, 0.6) is 0 Å². The minimum absolute atomic E-state index is 0.00804. The molecule has 106 valence electrons. The van der Waals surface area contributed by atoms with Gasteiger partial charge >= 0.3 is 0 Å². The van der Waals surface area contributed by atoms with Gasteiger partial charge in [0.05, 0.1) is 17.8 Å². The van der Waals surface area contributed by atoms with E-state index in [1.165, 1.54) is 12.1 Å². The molecule has 0 bridgehead atoms. The quantitative estimate of drug-likeness (QED) is 0.890. The van der Waals surface area contributed by atoms with Crippen molar-refractivity contribution in [1.29, 1.82) is 5.26 Å². The normalized spacial score (nSPS) is 15.8. The molecule has 1 saturated heterocycles. The summed E-state index contributed by atoms with van der Waals surface area (Å²) in [6, 6.07) is 5.81. The molecule has 0 spiro atoms. The third kappa shape index (κ3) is 3.45. The standard InChI is InChI=1S/C14H17FN4O/c1-18-4-6-19(7-5-18)14(20)10-17-13-3-2-12(15)8-11(13)9-16/h2-3,8,17H,4-7,10H2,1H3. The van der Waals surface area contributed by atoms with Gasteiger partial charge in [0.15, 0.2) is 0 Å². The van der Waals surface area contributed by atoms with Crippen LogP contribution in [0.15, 0.2) is 18.2 Å². The summed E-state index contributed by atoms with van der Waals surface area (Å²) in [4.78, 5) is 16.0. The van der Waals surface area contributed by atoms with E-state index < -0.39 is 5.82 Å². The lowest BCUT2D eigenvalue weighted by Crippen LogP contribution is -2.48. The van der Waals surface area contributed by atoms with Crippen LogP contribution in [0.4, 0.5) is 10.1 Å². The van der Waals surface area contributed by atoms with E-state index in [0.29, 0.717) is 18.8 Å². The number of rotatable bonds is 3. The molecule has 1 aliphatic heterocycles. The molecular weight excluding hydrogens is 259 g/mol. The molecule has 1 N–H and O–H groups in total. The molecule has 2 rings (SSSR count). The van der Waals surface area contributed by atoms with Crippen molar-refractivity contribution in [3.63, 3.8) is 0 Å². The molecule has 6 heteroatoms. The van der Waals surface area contributed by atoms with Crippen LogP contribution in [0.3, 0.4) is 0 Å². The van der Waals surface area contributed by atoms with Gasteiger partial charge in [-0.25, -0.2) is 4.39 Å². The predicted molar refractivity (Wildman–Crippen MR) is 73.7 cm³/mol. The first-order valence-electron chi connectivity index (χ1n) is 6.50. The molecular formula is C14H17FN4O. The summed E-state index contributed by atoms with van der Waals surface area (Å²) in [5.41, 5.74) is 0.688. The highest BCUT2D eigenvalue weighted by molar-refractivity contribution is 5.81. The van der Waals surface area contributed by atoms with Gasteiger partial charge in [0.25, 0.3) is 0 Å². The average molecular weight is 276 g/mol. The summed E-state index contributed by atoms with van der Waals surface area (Å²) < 4.78 is 13.0. The topological polar surface area (TPSA) is 59.4 Å². The Morgan fingerprint density at radius 3 is 2.75 bits per heavy atom. The van der Waals surface area contributed by atoms with Crippen LogP contribution in [-0.4, -0.2) is 55.5 Å². The van der Waals surface area contributed by atoms with E-state index in [9.17, 15) is 9.18 Å². The number of nitrogens with zero attached hydrogens (tertiary/aromatic N) is 3. The van der Waals surface area contributed by atoms with Gasteiger partial charge in [-0.05, 0) is 25.2 Å². The van der Waals surface area contributed by atoms with Crippen molar-refractivity contribution in [2.24, 2.45) is 0 Å². The highest BCUT2D eigenvalue weighted by Gasteiger charge is 2.18. The van der Waals surface area contributed by atoms with Crippen LogP contribution in [0.2, 0.25) is 0 Å². The van der Waals surface area contributed by atoms with Crippen molar-refractivity contribution in [3.05, 3.63) is 29.6 Å². The Kier molecular flexibility index (Phi) is 4.53. The smallest absolute Gasteiger partial charge is 0.241 e. The number of nitrogens with one attached hydrogen (secondary N) is 1. The van der Waals surface area contributed by atoms with Crippen LogP contribution in [-0.2, 0) is 4.79 Å². The van der Waals surface area contributed by atoms with Crippen molar-refractivity contribution in [2.45, 2.75) is 0 Å². The van der Waals surface area contributed by atoms with E-state index in [1.807, 2.05) is 13.1 Å². The monoisotopic (exact) mass is 276 g/mol. The highest BCUT2D eigenvalue weighted by atomic mass is 19.1. The SMILES string of the molecule is CN1CCN(C(=O)CNc2ccc(F)cc2C#N)CC1.